The van der Waals surface area contributed by atoms with Gasteiger partial charge in [-0.25, -0.2) is 18.7 Å². The molecule has 1 amide bonds. The molecule has 0 aliphatic rings. The highest BCUT2D eigenvalue weighted by Crippen LogP contribution is 2.30. The number of nitrogens with one attached hydrogen (secondary N) is 3. The molecule has 6 N–H and O–H groups in total. The SMILES string of the molecule is CC(=O)/C(=C/C(=N)c1ncc(F)c(NCC(O)(C(N)=O)C(F)(F)F)n1)NCc1ccccc1F. The van der Waals surface area contributed by atoms with E-state index in [-0.39, 0.29) is 17.8 Å². The van der Waals surface area contributed by atoms with Gasteiger partial charge in [0.15, 0.2) is 23.2 Å². The number of amides is 1. The summed E-state index contributed by atoms with van der Waals surface area (Å²) in [7, 11) is 0. The van der Waals surface area contributed by atoms with Crippen LogP contribution < -0.4 is 16.4 Å². The Morgan fingerprint density at radius 1 is 1.21 bits per heavy atom. The quantitative estimate of drug-likeness (QED) is 0.194. The maximum absolute atomic E-state index is 14.0. The van der Waals surface area contributed by atoms with Gasteiger partial charge in [0.1, 0.15) is 11.5 Å². The Morgan fingerprint density at radius 3 is 2.41 bits per heavy atom. The molecule has 2 rings (SSSR count). The molecule has 0 saturated carbocycles. The van der Waals surface area contributed by atoms with E-state index in [1.54, 1.807) is 6.07 Å². The predicted octanol–water partition coefficient (Wildman–Crippen LogP) is 1.58. The summed E-state index contributed by atoms with van der Waals surface area (Å²) in [6, 6.07) is 5.75. The van der Waals surface area contributed by atoms with Crippen LogP contribution in [0.2, 0.25) is 0 Å². The number of hydrogen-bond donors (Lipinski definition) is 5. The van der Waals surface area contributed by atoms with Crippen LogP contribution in [0.3, 0.4) is 0 Å². The lowest BCUT2D eigenvalue weighted by atomic mass is 10.0. The lowest BCUT2D eigenvalue weighted by Gasteiger charge is -2.27. The van der Waals surface area contributed by atoms with Gasteiger partial charge in [-0.2, -0.15) is 13.2 Å². The van der Waals surface area contributed by atoms with Crippen LogP contribution >= 0.6 is 0 Å². The number of hydrogen-bond acceptors (Lipinski definition) is 8. The second kappa shape index (κ2) is 10.3. The molecule has 182 valence electrons. The van der Waals surface area contributed by atoms with Crippen molar-refractivity contribution in [2.45, 2.75) is 25.2 Å². The van der Waals surface area contributed by atoms with E-state index in [2.05, 4.69) is 21.0 Å². The minimum atomic E-state index is -5.46. The van der Waals surface area contributed by atoms with Crippen molar-refractivity contribution >= 4 is 23.2 Å². The number of nitrogens with two attached hydrogens (primary N) is 1. The Hall–Kier alpha value is -3.94. The topological polar surface area (TPSA) is 154 Å². The highest BCUT2D eigenvalue weighted by molar-refractivity contribution is 6.09. The number of aromatic nitrogens is 2. The third kappa shape index (κ3) is 6.10. The molecule has 0 radical (unpaired) electrons. The van der Waals surface area contributed by atoms with Crippen molar-refractivity contribution in [2.75, 3.05) is 11.9 Å². The third-order valence-corrected chi connectivity index (χ3v) is 4.47. The molecule has 2 aromatic rings. The van der Waals surface area contributed by atoms with E-state index < -0.39 is 59.0 Å². The van der Waals surface area contributed by atoms with Gasteiger partial charge in [-0.3, -0.25) is 15.0 Å². The molecule has 0 saturated heterocycles. The summed E-state index contributed by atoms with van der Waals surface area (Å²) < 4.78 is 66.7. The minimum absolute atomic E-state index is 0.106. The van der Waals surface area contributed by atoms with Crippen molar-refractivity contribution < 1.29 is 36.6 Å². The van der Waals surface area contributed by atoms with E-state index in [9.17, 15) is 36.6 Å². The van der Waals surface area contributed by atoms with Gasteiger partial charge < -0.3 is 21.5 Å². The molecule has 9 nitrogen and oxygen atoms in total. The first-order valence-electron chi connectivity index (χ1n) is 9.40. The number of benzene rings is 1. The predicted molar refractivity (Wildman–Crippen MR) is 110 cm³/mol. The molecule has 0 bridgehead atoms. The van der Waals surface area contributed by atoms with Gasteiger partial charge in [0, 0.05) is 19.0 Å². The average molecular weight is 486 g/mol. The van der Waals surface area contributed by atoms with Crippen molar-refractivity contribution in [3.05, 3.63) is 65.3 Å². The van der Waals surface area contributed by atoms with Crippen LogP contribution in [-0.4, -0.2) is 50.8 Å². The van der Waals surface area contributed by atoms with Gasteiger partial charge in [0.05, 0.1) is 18.4 Å². The second-order valence-corrected chi connectivity index (χ2v) is 6.94. The first kappa shape index (κ1) is 26.3. The highest BCUT2D eigenvalue weighted by atomic mass is 19.4. The zero-order valence-electron chi connectivity index (χ0n) is 17.5. The smallest absolute Gasteiger partial charge is 0.378 e. The van der Waals surface area contributed by atoms with E-state index in [4.69, 9.17) is 5.41 Å². The first-order chi connectivity index (χ1) is 15.8. The van der Waals surface area contributed by atoms with Crippen LogP contribution in [0.4, 0.5) is 27.8 Å². The van der Waals surface area contributed by atoms with Gasteiger partial charge in [-0.05, 0) is 12.1 Å². The first-order valence-corrected chi connectivity index (χ1v) is 9.40. The summed E-state index contributed by atoms with van der Waals surface area (Å²) in [5.74, 6) is -5.82. The van der Waals surface area contributed by atoms with Crippen molar-refractivity contribution in [2.24, 2.45) is 5.73 Å². The van der Waals surface area contributed by atoms with Crippen molar-refractivity contribution in [3.8, 4) is 0 Å². The second-order valence-electron chi connectivity index (χ2n) is 6.94. The van der Waals surface area contributed by atoms with Crippen LogP contribution in [0, 0.1) is 17.0 Å². The Balaban J connectivity index is 2.24. The van der Waals surface area contributed by atoms with E-state index in [0.29, 0.717) is 6.20 Å². The van der Waals surface area contributed by atoms with Crippen molar-refractivity contribution in [1.82, 2.24) is 15.3 Å². The normalized spacial score (nSPS) is 13.7. The fraction of sp³-hybridized carbons (Fsp3) is 0.250. The van der Waals surface area contributed by atoms with E-state index in [0.717, 1.165) is 13.0 Å². The molecular weight excluding hydrogens is 467 g/mol. The monoisotopic (exact) mass is 486 g/mol. The van der Waals surface area contributed by atoms with Gasteiger partial charge >= 0.3 is 6.18 Å². The summed E-state index contributed by atoms with van der Waals surface area (Å²) in [5, 5.41) is 22.1. The number of nitrogens with zero attached hydrogens (tertiary/aromatic N) is 2. The summed E-state index contributed by atoms with van der Waals surface area (Å²) in [5.41, 5.74) is 0.148. The number of aliphatic hydroxyl groups is 1. The maximum atomic E-state index is 14.0. The number of anilines is 1. The molecule has 1 unspecified atom stereocenters. The van der Waals surface area contributed by atoms with E-state index in [1.807, 2.05) is 5.32 Å². The molecule has 1 atom stereocenters. The van der Waals surface area contributed by atoms with Gasteiger partial charge in [-0.1, -0.05) is 18.2 Å². The minimum Gasteiger partial charge on any atom is -0.378 e. The van der Waals surface area contributed by atoms with Crippen LogP contribution in [-0.2, 0) is 16.1 Å². The number of Topliss-reactive ketones (excluding diaryl/α,β-unsaturated/α-hetero) is 1. The fourth-order valence-corrected chi connectivity index (χ4v) is 2.48. The third-order valence-electron chi connectivity index (χ3n) is 4.47. The van der Waals surface area contributed by atoms with Gasteiger partial charge in [-0.15, -0.1) is 0 Å². The Labute approximate surface area is 189 Å². The highest BCUT2D eigenvalue weighted by Gasteiger charge is 2.58. The molecule has 0 fully saturated rings. The fourth-order valence-electron chi connectivity index (χ4n) is 2.48. The van der Waals surface area contributed by atoms with Gasteiger partial charge in [0.25, 0.3) is 11.5 Å². The average Bonchev–Trinajstić information content (AvgIpc) is 2.75. The molecule has 1 aromatic heterocycles. The molecule has 34 heavy (non-hydrogen) atoms. The number of carbonyl (C=O) groups is 2. The van der Waals surface area contributed by atoms with Crippen LogP contribution in [0.5, 0.6) is 0 Å². The molecule has 1 aromatic carbocycles. The van der Waals surface area contributed by atoms with Crippen LogP contribution in [0.15, 0.2) is 42.2 Å². The lowest BCUT2D eigenvalue weighted by Crippen LogP contribution is -2.59. The Kier molecular flexibility index (Phi) is 8.00. The number of rotatable bonds is 10. The largest absolute Gasteiger partial charge is 0.428 e. The molecule has 0 spiro atoms. The molecular formula is C20H19F5N6O3. The number of ketones is 1. The van der Waals surface area contributed by atoms with Crippen LogP contribution in [0.25, 0.3) is 0 Å². The van der Waals surface area contributed by atoms with E-state index >= 15 is 0 Å². The maximum Gasteiger partial charge on any atom is 0.428 e. The van der Waals surface area contributed by atoms with Crippen LogP contribution in [0.1, 0.15) is 18.3 Å². The molecule has 1 heterocycles. The Morgan fingerprint density at radius 2 is 1.85 bits per heavy atom. The molecule has 0 aliphatic heterocycles. The summed E-state index contributed by atoms with van der Waals surface area (Å²) >= 11 is 0. The number of allylic oxidation sites excluding steroid dienone is 2. The zero-order chi connectivity index (χ0) is 25.7. The number of carbonyl (C=O) groups excluding carboxylic acids is 2. The van der Waals surface area contributed by atoms with E-state index in [1.165, 1.54) is 18.2 Å². The number of primary amides is 1. The van der Waals surface area contributed by atoms with Crippen molar-refractivity contribution in [1.29, 1.82) is 5.41 Å². The lowest BCUT2D eigenvalue weighted by molar-refractivity contribution is -0.245. The summed E-state index contributed by atoms with van der Waals surface area (Å²) in [6.07, 6.45) is -3.96. The van der Waals surface area contributed by atoms with Crippen molar-refractivity contribution in [3.63, 3.8) is 0 Å². The standard InChI is InChI=1S/C20H19F5N6O3/c1-10(32)15(28-7-11-4-2-3-5-12(11)21)6-14(26)17-29-8-13(22)16(31-17)30-9-19(34,18(27)33)20(23,24)25/h2-6,8,26,28,34H,7,9H2,1H3,(H2,27,33)(H,29,30,31)/b15-6-,26-14?. The number of halogens is 5. The zero-order valence-corrected chi connectivity index (χ0v) is 17.5. The summed E-state index contributed by atoms with van der Waals surface area (Å²) in [6.45, 7) is -0.509. The Bertz CT molecular complexity index is 1140. The molecule has 0 aliphatic carbocycles. The number of alkyl halides is 3. The molecule has 14 heteroatoms. The summed E-state index contributed by atoms with van der Waals surface area (Å²) in [4.78, 5) is 30.1. The van der Waals surface area contributed by atoms with Gasteiger partial charge in [0.2, 0.25) is 0 Å².